The summed E-state index contributed by atoms with van der Waals surface area (Å²) >= 11 is 0. The van der Waals surface area contributed by atoms with Crippen molar-refractivity contribution in [2.45, 2.75) is 6.04 Å². The fraction of sp³-hybridized carbons (Fsp3) is 0.259. The van der Waals surface area contributed by atoms with E-state index in [-0.39, 0.29) is 12.1 Å². The Kier molecular flexibility index (Phi) is 8.48. The van der Waals surface area contributed by atoms with Gasteiger partial charge < -0.3 is 25.8 Å². The van der Waals surface area contributed by atoms with Crippen molar-refractivity contribution in [1.82, 2.24) is 25.2 Å². The zero-order valence-electron chi connectivity index (χ0n) is 20.3. The smallest absolute Gasteiger partial charge is 0.318 e. The lowest BCUT2D eigenvalue weighted by Crippen LogP contribution is -2.52. The molecule has 0 saturated carbocycles. The Bertz CT molecular complexity index is 1080. The number of benzene rings is 2. The third kappa shape index (κ3) is 6.38. The lowest BCUT2D eigenvalue weighted by molar-refractivity contribution is 0.191. The van der Waals surface area contributed by atoms with Gasteiger partial charge in [-0.15, -0.1) is 13.2 Å². The molecule has 1 saturated heterocycles. The number of aromatic nitrogens is 3. The molecule has 0 unspecified atom stereocenters. The molecule has 0 radical (unpaired) electrons. The highest BCUT2D eigenvalue weighted by atomic mass is 16.2. The Hall–Kier alpha value is -4.40. The van der Waals surface area contributed by atoms with Crippen LogP contribution in [0.2, 0.25) is 0 Å². The summed E-state index contributed by atoms with van der Waals surface area (Å²) in [7, 11) is 0. The maximum atomic E-state index is 13.3. The van der Waals surface area contributed by atoms with E-state index in [1.54, 1.807) is 12.2 Å². The summed E-state index contributed by atoms with van der Waals surface area (Å²) in [6.45, 7) is 10.9. The first kappa shape index (κ1) is 24.7. The van der Waals surface area contributed by atoms with Crippen molar-refractivity contribution in [1.29, 1.82) is 0 Å². The first-order valence-electron chi connectivity index (χ1n) is 12.0. The van der Waals surface area contributed by atoms with Crippen molar-refractivity contribution < 1.29 is 4.79 Å². The molecule has 1 fully saturated rings. The second kappa shape index (κ2) is 12.3. The second-order valence-corrected chi connectivity index (χ2v) is 8.30. The van der Waals surface area contributed by atoms with E-state index in [1.807, 2.05) is 65.6 Å². The van der Waals surface area contributed by atoms with Crippen LogP contribution in [0.15, 0.2) is 86.0 Å². The molecule has 3 aromatic rings. The van der Waals surface area contributed by atoms with Gasteiger partial charge in [-0.05, 0) is 11.1 Å². The number of nitrogens with zero attached hydrogens (tertiary/aromatic N) is 5. The molecule has 2 heterocycles. The van der Waals surface area contributed by atoms with Gasteiger partial charge in [-0.1, -0.05) is 72.8 Å². The number of hydrogen-bond donors (Lipinski definition) is 3. The molecule has 2 aromatic carbocycles. The normalized spacial score (nSPS) is 13.2. The number of hydrogen-bond acceptors (Lipinski definition) is 7. The minimum Gasteiger partial charge on any atom is -0.351 e. The van der Waals surface area contributed by atoms with Gasteiger partial charge in [-0.3, -0.25) is 0 Å². The standard InChI is InChI=1S/C27H32N8O/c1-3-15-28-24-31-25(29-16-4-2)33-26(32-24)34-17-19-35(20-18-34)27(36)30-23(21-11-7-5-8-12-21)22-13-9-6-10-14-22/h3-14,23H,1-2,15-20H2,(H,30,36)(H2,28,29,31,32,33). The lowest BCUT2D eigenvalue weighted by Gasteiger charge is -2.35. The van der Waals surface area contributed by atoms with E-state index in [2.05, 4.69) is 49.0 Å². The van der Waals surface area contributed by atoms with Gasteiger partial charge in [0.15, 0.2) is 0 Å². The summed E-state index contributed by atoms with van der Waals surface area (Å²) < 4.78 is 0. The highest BCUT2D eigenvalue weighted by molar-refractivity contribution is 5.75. The summed E-state index contributed by atoms with van der Waals surface area (Å²) in [6, 6.07) is 19.7. The molecule has 1 aromatic heterocycles. The molecule has 9 nitrogen and oxygen atoms in total. The molecule has 3 N–H and O–H groups in total. The van der Waals surface area contributed by atoms with E-state index < -0.39 is 0 Å². The number of rotatable bonds is 10. The number of carbonyl (C=O) groups is 1. The van der Waals surface area contributed by atoms with Crippen LogP contribution in [0.4, 0.5) is 22.6 Å². The van der Waals surface area contributed by atoms with Gasteiger partial charge in [0.1, 0.15) is 0 Å². The molecule has 0 aliphatic carbocycles. The summed E-state index contributed by atoms with van der Waals surface area (Å²) in [5, 5.41) is 9.47. The fourth-order valence-corrected chi connectivity index (χ4v) is 3.97. The maximum Gasteiger partial charge on any atom is 0.318 e. The van der Waals surface area contributed by atoms with Crippen LogP contribution in [0.1, 0.15) is 17.2 Å². The SMILES string of the molecule is C=CCNc1nc(NCC=C)nc(N2CCN(C(=O)NC(c3ccccc3)c3ccccc3)CC2)n1. The molecule has 36 heavy (non-hydrogen) atoms. The lowest BCUT2D eigenvalue weighted by atomic mass is 9.99. The third-order valence-corrected chi connectivity index (χ3v) is 5.82. The van der Waals surface area contributed by atoms with E-state index in [0.717, 1.165) is 11.1 Å². The van der Waals surface area contributed by atoms with E-state index in [4.69, 9.17) is 0 Å². The van der Waals surface area contributed by atoms with Crippen molar-refractivity contribution in [2.75, 3.05) is 54.8 Å². The molecule has 186 valence electrons. The molecular weight excluding hydrogens is 452 g/mol. The molecule has 1 aliphatic rings. The van der Waals surface area contributed by atoms with Crippen LogP contribution in [0.25, 0.3) is 0 Å². The highest BCUT2D eigenvalue weighted by Crippen LogP contribution is 2.23. The van der Waals surface area contributed by atoms with E-state index in [0.29, 0.717) is 57.1 Å². The van der Waals surface area contributed by atoms with Gasteiger partial charge in [-0.25, -0.2) is 4.79 Å². The van der Waals surface area contributed by atoms with Crippen molar-refractivity contribution in [2.24, 2.45) is 0 Å². The first-order chi connectivity index (χ1) is 17.7. The van der Waals surface area contributed by atoms with E-state index >= 15 is 0 Å². The van der Waals surface area contributed by atoms with Crippen LogP contribution >= 0.6 is 0 Å². The number of carbonyl (C=O) groups excluding carboxylic acids is 1. The number of urea groups is 1. The largest absolute Gasteiger partial charge is 0.351 e. The summed E-state index contributed by atoms with van der Waals surface area (Å²) in [6.07, 6.45) is 3.49. The van der Waals surface area contributed by atoms with Gasteiger partial charge in [-0.2, -0.15) is 15.0 Å². The topological polar surface area (TPSA) is 98.3 Å². The monoisotopic (exact) mass is 484 g/mol. The van der Waals surface area contributed by atoms with Crippen LogP contribution in [0.5, 0.6) is 0 Å². The van der Waals surface area contributed by atoms with E-state index in [9.17, 15) is 4.79 Å². The minimum absolute atomic E-state index is 0.0929. The third-order valence-electron chi connectivity index (χ3n) is 5.82. The van der Waals surface area contributed by atoms with Crippen molar-refractivity contribution in [3.05, 3.63) is 97.1 Å². The fourth-order valence-electron chi connectivity index (χ4n) is 3.97. The summed E-state index contributed by atoms with van der Waals surface area (Å²) in [5.41, 5.74) is 2.08. The van der Waals surface area contributed by atoms with Gasteiger partial charge in [0.05, 0.1) is 6.04 Å². The molecule has 0 spiro atoms. The highest BCUT2D eigenvalue weighted by Gasteiger charge is 2.26. The second-order valence-electron chi connectivity index (χ2n) is 8.30. The quantitative estimate of drug-likeness (QED) is 0.378. The van der Waals surface area contributed by atoms with Gasteiger partial charge in [0.25, 0.3) is 0 Å². The Morgan fingerprint density at radius 2 is 1.31 bits per heavy atom. The van der Waals surface area contributed by atoms with Crippen LogP contribution in [-0.4, -0.2) is 65.2 Å². The Balaban J connectivity index is 1.43. The van der Waals surface area contributed by atoms with Gasteiger partial charge >= 0.3 is 6.03 Å². The molecule has 1 aliphatic heterocycles. The van der Waals surface area contributed by atoms with Crippen LogP contribution in [-0.2, 0) is 0 Å². The summed E-state index contributed by atoms with van der Waals surface area (Å²) in [5.74, 6) is 1.51. The Labute approximate surface area is 212 Å². The predicted molar refractivity (Wildman–Crippen MR) is 144 cm³/mol. The molecule has 0 bridgehead atoms. The van der Waals surface area contributed by atoms with Crippen LogP contribution in [0, 0.1) is 0 Å². The molecule has 9 heteroatoms. The zero-order valence-corrected chi connectivity index (χ0v) is 20.3. The Morgan fingerprint density at radius 3 is 1.78 bits per heavy atom. The first-order valence-corrected chi connectivity index (χ1v) is 12.0. The summed E-state index contributed by atoms with van der Waals surface area (Å²) in [4.78, 5) is 30.7. The Morgan fingerprint density at radius 1 is 0.806 bits per heavy atom. The predicted octanol–water partition coefficient (Wildman–Crippen LogP) is 3.69. The van der Waals surface area contributed by atoms with Crippen LogP contribution < -0.4 is 20.9 Å². The van der Waals surface area contributed by atoms with Crippen LogP contribution in [0.3, 0.4) is 0 Å². The van der Waals surface area contributed by atoms with Crippen molar-refractivity contribution in [3.8, 4) is 0 Å². The molecule has 2 amide bonds. The van der Waals surface area contributed by atoms with Crippen molar-refractivity contribution in [3.63, 3.8) is 0 Å². The minimum atomic E-state index is -0.224. The number of piperazine rings is 1. The maximum absolute atomic E-state index is 13.3. The number of nitrogens with one attached hydrogen (secondary N) is 3. The molecule has 4 rings (SSSR count). The average Bonchev–Trinajstić information content (AvgIpc) is 2.94. The molecular formula is C27H32N8O. The molecule has 0 atom stereocenters. The average molecular weight is 485 g/mol. The van der Waals surface area contributed by atoms with E-state index in [1.165, 1.54) is 0 Å². The van der Waals surface area contributed by atoms with Gasteiger partial charge in [0, 0.05) is 39.3 Å². The zero-order chi connectivity index (χ0) is 25.2. The number of anilines is 3. The number of amides is 2. The van der Waals surface area contributed by atoms with Crippen molar-refractivity contribution >= 4 is 23.9 Å². The van der Waals surface area contributed by atoms with Gasteiger partial charge in [0.2, 0.25) is 17.8 Å².